The third-order valence-corrected chi connectivity index (χ3v) is 4.37. The zero-order valence-corrected chi connectivity index (χ0v) is 14.0. The van der Waals surface area contributed by atoms with E-state index in [1.165, 1.54) is 5.56 Å². The Balaban J connectivity index is 2.26. The lowest BCUT2D eigenvalue weighted by molar-refractivity contribution is 0.739. The van der Waals surface area contributed by atoms with Gasteiger partial charge < -0.3 is 10.6 Å². The maximum absolute atomic E-state index is 6.41. The highest BCUT2D eigenvalue weighted by Gasteiger charge is 2.15. The lowest BCUT2D eigenvalue weighted by Gasteiger charge is -2.28. The van der Waals surface area contributed by atoms with Crippen LogP contribution in [0.5, 0.6) is 0 Å². The second-order valence-electron chi connectivity index (χ2n) is 5.34. The molecular weight excluding hydrogens is 303 g/mol. The molecule has 2 nitrogen and oxygen atoms in total. The van der Waals surface area contributed by atoms with Crippen LogP contribution in [-0.4, -0.2) is 7.05 Å². The van der Waals surface area contributed by atoms with Crippen LogP contribution < -0.4 is 10.6 Å². The first kappa shape index (κ1) is 16.2. The number of hydrogen-bond acceptors (Lipinski definition) is 2. The van der Waals surface area contributed by atoms with Gasteiger partial charge in [-0.2, -0.15) is 0 Å². The van der Waals surface area contributed by atoms with Gasteiger partial charge in [0.15, 0.2) is 0 Å². The summed E-state index contributed by atoms with van der Waals surface area (Å²) in [4.78, 5) is 2.15. The van der Waals surface area contributed by atoms with Crippen molar-refractivity contribution in [3.05, 3.63) is 63.6 Å². The fraction of sp³-hybridized carbons (Fsp3) is 0.294. The summed E-state index contributed by atoms with van der Waals surface area (Å²) in [6.07, 6.45) is 0. The molecule has 1 unspecified atom stereocenters. The van der Waals surface area contributed by atoms with E-state index >= 15 is 0 Å². The van der Waals surface area contributed by atoms with Crippen molar-refractivity contribution < 1.29 is 0 Å². The first-order valence-corrected chi connectivity index (χ1v) is 7.69. The van der Waals surface area contributed by atoms with E-state index in [4.69, 9.17) is 28.9 Å². The summed E-state index contributed by atoms with van der Waals surface area (Å²) in [6, 6.07) is 14.0. The van der Waals surface area contributed by atoms with E-state index < -0.39 is 0 Å². The van der Waals surface area contributed by atoms with Gasteiger partial charge in [-0.1, -0.05) is 41.4 Å². The molecule has 0 fully saturated rings. The molecule has 0 spiro atoms. The Morgan fingerprint density at radius 2 is 1.52 bits per heavy atom. The van der Waals surface area contributed by atoms with E-state index in [0.717, 1.165) is 16.3 Å². The zero-order chi connectivity index (χ0) is 15.6. The monoisotopic (exact) mass is 322 g/mol. The maximum atomic E-state index is 6.41. The minimum Gasteiger partial charge on any atom is -0.367 e. The smallest absolute Gasteiger partial charge is 0.0642 e. The maximum Gasteiger partial charge on any atom is 0.0642 e. The zero-order valence-electron chi connectivity index (χ0n) is 12.5. The van der Waals surface area contributed by atoms with Crippen molar-refractivity contribution in [1.82, 2.24) is 0 Å². The fourth-order valence-electron chi connectivity index (χ4n) is 2.27. The minimum absolute atomic E-state index is 0.0180. The third-order valence-electron chi connectivity index (χ3n) is 3.81. The van der Waals surface area contributed by atoms with E-state index in [1.807, 2.05) is 56.4 Å². The van der Waals surface area contributed by atoms with Crippen LogP contribution in [-0.2, 0) is 0 Å². The highest BCUT2D eigenvalue weighted by molar-refractivity contribution is 6.33. The van der Waals surface area contributed by atoms with Crippen molar-refractivity contribution in [3.63, 3.8) is 0 Å². The molecule has 2 aromatic rings. The number of nitrogens with two attached hydrogens (primary N) is 1. The van der Waals surface area contributed by atoms with Gasteiger partial charge >= 0.3 is 0 Å². The number of benzene rings is 2. The first-order chi connectivity index (χ1) is 9.90. The number of nitrogens with zero attached hydrogens (tertiary/aromatic N) is 1. The van der Waals surface area contributed by atoms with Gasteiger partial charge in [-0.15, -0.1) is 0 Å². The molecule has 2 aromatic carbocycles. The van der Waals surface area contributed by atoms with Crippen LogP contribution in [0.3, 0.4) is 0 Å². The molecular formula is C17H20Cl2N2. The Hall–Kier alpha value is -1.22. The molecule has 2 N–H and O–H groups in total. The van der Waals surface area contributed by atoms with Crippen molar-refractivity contribution in [2.75, 3.05) is 11.9 Å². The van der Waals surface area contributed by atoms with Gasteiger partial charge in [0, 0.05) is 18.1 Å². The molecule has 0 aliphatic carbocycles. The van der Waals surface area contributed by atoms with Crippen molar-refractivity contribution in [2.24, 2.45) is 5.73 Å². The van der Waals surface area contributed by atoms with Gasteiger partial charge in [-0.3, -0.25) is 0 Å². The lowest BCUT2D eigenvalue weighted by Crippen LogP contribution is -2.22. The summed E-state index contributed by atoms with van der Waals surface area (Å²) in [6.45, 7) is 4.09. The predicted octanol–water partition coefficient (Wildman–Crippen LogP) is 5.21. The Kier molecular flexibility index (Phi) is 5.15. The Morgan fingerprint density at radius 3 is 2.05 bits per heavy atom. The molecule has 0 amide bonds. The molecule has 0 aliphatic rings. The van der Waals surface area contributed by atoms with Crippen LogP contribution in [0.15, 0.2) is 42.5 Å². The van der Waals surface area contributed by atoms with Gasteiger partial charge in [-0.05, 0) is 49.2 Å². The Labute approximate surface area is 136 Å². The molecule has 21 heavy (non-hydrogen) atoms. The van der Waals surface area contributed by atoms with Gasteiger partial charge in [0.2, 0.25) is 0 Å². The Bertz CT molecular complexity index is 609. The minimum atomic E-state index is -0.0180. The van der Waals surface area contributed by atoms with Crippen molar-refractivity contribution >= 4 is 28.9 Å². The van der Waals surface area contributed by atoms with Gasteiger partial charge in [0.25, 0.3) is 0 Å². The number of hydrogen-bond donors (Lipinski definition) is 1. The summed E-state index contributed by atoms with van der Waals surface area (Å²) < 4.78 is 0. The van der Waals surface area contributed by atoms with E-state index in [9.17, 15) is 0 Å². The van der Waals surface area contributed by atoms with E-state index in [0.29, 0.717) is 5.02 Å². The average Bonchev–Trinajstić information content (AvgIpc) is 2.46. The first-order valence-electron chi connectivity index (χ1n) is 6.93. The molecule has 0 aromatic heterocycles. The van der Waals surface area contributed by atoms with Crippen LogP contribution >= 0.6 is 23.2 Å². The highest BCUT2D eigenvalue weighted by atomic mass is 35.5. The SMILES string of the molecule is CC(c1ccc(Cl)cc1)N(C)c1ccc([C@@H](C)N)cc1Cl. The number of halogens is 2. The summed E-state index contributed by atoms with van der Waals surface area (Å²) >= 11 is 12.3. The van der Waals surface area contributed by atoms with Crippen molar-refractivity contribution in [1.29, 1.82) is 0 Å². The van der Waals surface area contributed by atoms with Crippen molar-refractivity contribution in [3.8, 4) is 0 Å². The topological polar surface area (TPSA) is 29.3 Å². The molecule has 0 heterocycles. The summed E-state index contributed by atoms with van der Waals surface area (Å²) in [7, 11) is 2.03. The largest absolute Gasteiger partial charge is 0.367 e. The predicted molar refractivity (Wildman–Crippen MR) is 92.3 cm³/mol. The van der Waals surface area contributed by atoms with Crippen LogP contribution in [0.1, 0.15) is 37.1 Å². The quantitative estimate of drug-likeness (QED) is 0.837. The lowest BCUT2D eigenvalue weighted by atomic mass is 10.1. The highest BCUT2D eigenvalue weighted by Crippen LogP contribution is 2.33. The second kappa shape index (κ2) is 6.69. The normalized spacial score (nSPS) is 13.8. The average molecular weight is 323 g/mol. The van der Waals surface area contributed by atoms with Gasteiger partial charge in [0.1, 0.15) is 0 Å². The molecule has 2 rings (SSSR count). The van der Waals surface area contributed by atoms with Crippen LogP contribution in [0.2, 0.25) is 10.0 Å². The van der Waals surface area contributed by atoms with E-state index in [1.54, 1.807) is 0 Å². The van der Waals surface area contributed by atoms with Gasteiger partial charge in [-0.25, -0.2) is 0 Å². The van der Waals surface area contributed by atoms with Crippen LogP contribution in [0.25, 0.3) is 0 Å². The summed E-state index contributed by atoms with van der Waals surface area (Å²) in [5.74, 6) is 0. The standard InChI is InChI=1S/C17H20Cl2N2/c1-11(20)14-6-9-17(16(19)10-14)21(3)12(2)13-4-7-15(18)8-5-13/h4-12H,20H2,1-3H3/t11-,12?/m1/s1. The number of rotatable bonds is 4. The van der Waals surface area contributed by atoms with Crippen LogP contribution in [0, 0.1) is 0 Å². The molecule has 0 aliphatic heterocycles. The fourth-order valence-corrected chi connectivity index (χ4v) is 2.71. The summed E-state index contributed by atoms with van der Waals surface area (Å²) in [5.41, 5.74) is 9.11. The number of anilines is 1. The van der Waals surface area contributed by atoms with E-state index in [2.05, 4.69) is 11.8 Å². The molecule has 0 saturated heterocycles. The second-order valence-corrected chi connectivity index (χ2v) is 6.18. The Morgan fingerprint density at radius 1 is 0.952 bits per heavy atom. The molecule has 0 radical (unpaired) electrons. The molecule has 112 valence electrons. The van der Waals surface area contributed by atoms with Crippen LogP contribution in [0.4, 0.5) is 5.69 Å². The third kappa shape index (κ3) is 3.70. The summed E-state index contributed by atoms with van der Waals surface area (Å²) in [5, 5.41) is 1.46. The van der Waals surface area contributed by atoms with E-state index in [-0.39, 0.29) is 12.1 Å². The van der Waals surface area contributed by atoms with Gasteiger partial charge in [0.05, 0.1) is 16.8 Å². The molecule has 0 saturated carbocycles. The molecule has 4 heteroatoms. The van der Waals surface area contributed by atoms with Crippen molar-refractivity contribution in [2.45, 2.75) is 25.9 Å². The molecule has 2 atom stereocenters. The molecule has 0 bridgehead atoms.